The first-order valence-corrected chi connectivity index (χ1v) is 8.39. The van der Waals surface area contributed by atoms with Gasteiger partial charge in [-0.15, -0.1) is 11.3 Å². The van der Waals surface area contributed by atoms with E-state index in [0.29, 0.717) is 27.7 Å². The quantitative estimate of drug-likeness (QED) is 0.390. The molecule has 0 saturated heterocycles. The molecule has 2 aromatic heterocycles. The van der Waals surface area contributed by atoms with Gasteiger partial charge in [-0.05, 0) is 42.6 Å². The molecule has 1 aromatic carbocycles. The number of furan rings is 1. The number of nitrogens with one attached hydrogen (secondary N) is 1. The predicted molar refractivity (Wildman–Crippen MR) is 95.6 cm³/mol. The topological polar surface area (TPSA) is 63.8 Å². The van der Waals surface area contributed by atoms with Gasteiger partial charge in [0.05, 0.1) is 12.8 Å². The van der Waals surface area contributed by atoms with Gasteiger partial charge in [0.25, 0.3) is 0 Å². The standard InChI is InChI=1S/C18H14F2N2O3S/c1-10(21-22-14-4-3-11(19)9-13(14)20)15-5-6-16(25-15)12-7-8-26-17(12)18(23)24-2/h3-9,22H,1-2H3. The van der Waals surface area contributed by atoms with Crippen LogP contribution in [0.3, 0.4) is 0 Å². The maximum atomic E-state index is 13.6. The van der Waals surface area contributed by atoms with E-state index in [4.69, 9.17) is 9.15 Å². The summed E-state index contributed by atoms with van der Waals surface area (Å²) in [5.74, 6) is -0.919. The third-order valence-electron chi connectivity index (χ3n) is 3.54. The Labute approximate surface area is 151 Å². The zero-order valence-corrected chi connectivity index (χ0v) is 14.7. The van der Waals surface area contributed by atoms with Crippen LogP contribution in [0.4, 0.5) is 14.5 Å². The zero-order valence-electron chi connectivity index (χ0n) is 13.9. The highest BCUT2D eigenvalue weighted by Crippen LogP contribution is 2.30. The molecular weight excluding hydrogens is 362 g/mol. The highest BCUT2D eigenvalue weighted by atomic mass is 32.1. The number of halogens is 2. The second-order valence-electron chi connectivity index (χ2n) is 5.25. The molecule has 2 heterocycles. The van der Waals surface area contributed by atoms with Crippen molar-refractivity contribution in [1.29, 1.82) is 0 Å². The van der Waals surface area contributed by atoms with Crippen molar-refractivity contribution in [1.82, 2.24) is 0 Å². The van der Waals surface area contributed by atoms with Gasteiger partial charge in [-0.1, -0.05) is 0 Å². The molecule has 0 bridgehead atoms. The summed E-state index contributed by atoms with van der Waals surface area (Å²) in [5, 5.41) is 5.81. The van der Waals surface area contributed by atoms with Crippen molar-refractivity contribution in [2.45, 2.75) is 6.92 Å². The van der Waals surface area contributed by atoms with Crippen molar-refractivity contribution in [2.75, 3.05) is 12.5 Å². The largest absolute Gasteiger partial charge is 0.465 e. The molecule has 3 aromatic rings. The molecular formula is C18H14F2N2O3S. The molecule has 0 aliphatic heterocycles. The number of methoxy groups -OCH3 is 1. The molecule has 0 fully saturated rings. The SMILES string of the molecule is COC(=O)c1sccc1-c1ccc(C(C)=NNc2ccc(F)cc2F)o1. The smallest absolute Gasteiger partial charge is 0.348 e. The monoisotopic (exact) mass is 376 g/mol. The molecule has 1 N–H and O–H groups in total. The van der Waals surface area contributed by atoms with E-state index in [1.807, 2.05) is 0 Å². The number of thiophene rings is 1. The number of ether oxygens (including phenoxy) is 1. The minimum Gasteiger partial charge on any atom is -0.465 e. The Morgan fingerprint density at radius 3 is 2.77 bits per heavy atom. The van der Waals surface area contributed by atoms with E-state index in [1.165, 1.54) is 24.5 Å². The number of hydrogen-bond donors (Lipinski definition) is 1. The maximum Gasteiger partial charge on any atom is 0.348 e. The van der Waals surface area contributed by atoms with Gasteiger partial charge >= 0.3 is 5.97 Å². The van der Waals surface area contributed by atoms with Crippen LogP contribution >= 0.6 is 11.3 Å². The number of hydrazone groups is 1. The first kappa shape index (κ1) is 17.8. The second kappa shape index (κ2) is 7.49. The first-order valence-electron chi connectivity index (χ1n) is 7.51. The van der Waals surface area contributed by atoms with Crippen LogP contribution in [-0.2, 0) is 4.74 Å². The third kappa shape index (κ3) is 3.65. The van der Waals surface area contributed by atoms with Crippen molar-refractivity contribution in [3.8, 4) is 11.3 Å². The lowest BCUT2D eigenvalue weighted by molar-refractivity contribution is 0.0607. The second-order valence-corrected chi connectivity index (χ2v) is 6.17. The zero-order chi connectivity index (χ0) is 18.7. The fraction of sp³-hybridized carbons (Fsp3) is 0.111. The summed E-state index contributed by atoms with van der Waals surface area (Å²) in [6, 6.07) is 8.31. The Kier molecular flexibility index (Phi) is 5.13. The van der Waals surface area contributed by atoms with Crippen LogP contribution in [0.25, 0.3) is 11.3 Å². The number of esters is 1. The molecule has 134 valence electrons. The van der Waals surface area contributed by atoms with E-state index < -0.39 is 17.6 Å². The van der Waals surface area contributed by atoms with Gasteiger partial charge < -0.3 is 9.15 Å². The van der Waals surface area contributed by atoms with Crippen molar-refractivity contribution in [3.05, 3.63) is 64.1 Å². The summed E-state index contributed by atoms with van der Waals surface area (Å²) in [7, 11) is 1.32. The van der Waals surface area contributed by atoms with Crippen molar-refractivity contribution in [3.63, 3.8) is 0 Å². The molecule has 0 aliphatic rings. The number of carbonyl (C=O) groups is 1. The summed E-state index contributed by atoms with van der Waals surface area (Å²) in [5.41, 5.74) is 3.66. The highest BCUT2D eigenvalue weighted by molar-refractivity contribution is 7.12. The lowest BCUT2D eigenvalue weighted by atomic mass is 10.2. The molecule has 0 unspecified atom stereocenters. The Bertz CT molecular complexity index is 978. The minimum absolute atomic E-state index is 0.0448. The summed E-state index contributed by atoms with van der Waals surface area (Å²) >= 11 is 1.26. The van der Waals surface area contributed by atoms with Crippen molar-refractivity contribution >= 4 is 28.7 Å². The molecule has 26 heavy (non-hydrogen) atoms. The molecule has 3 rings (SSSR count). The number of rotatable bonds is 5. The van der Waals surface area contributed by atoms with Crippen LogP contribution in [0.2, 0.25) is 0 Å². The van der Waals surface area contributed by atoms with Crippen molar-refractivity contribution in [2.24, 2.45) is 5.10 Å². The molecule has 0 spiro atoms. The van der Waals surface area contributed by atoms with Gasteiger partial charge in [-0.3, -0.25) is 5.43 Å². The van der Waals surface area contributed by atoms with Crippen LogP contribution < -0.4 is 5.43 Å². The van der Waals surface area contributed by atoms with Gasteiger partial charge in [-0.25, -0.2) is 13.6 Å². The van der Waals surface area contributed by atoms with Crippen LogP contribution in [0.15, 0.2) is 51.3 Å². The summed E-state index contributed by atoms with van der Waals surface area (Å²) < 4.78 is 37.0. The predicted octanol–water partition coefficient (Wildman–Crippen LogP) is 4.91. The van der Waals surface area contributed by atoms with Crippen LogP contribution in [0.5, 0.6) is 0 Å². The summed E-state index contributed by atoms with van der Waals surface area (Å²) in [4.78, 5) is 12.2. The summed E-state index contributed by atoms with van der Waals surface area (Å²) in [6.45, 7) is 1.67. The van der Waals surface area contributed by atoms with E-state index >= 15 is 0 Å². The number of hydrogen-bond acceptors (Lipinski definition) is 6. The Morgan fingerprint density at radius 2 is 2.04 bits per heavy atom. The Hall–Kier alpha value is -3.00. The van der Waals surface area contributed by atoms with Crippen LogP contribution in [0.1, 0.15) is 22.4 Å². The van der Waals surface area contributed by atoms with Gasteiger partial charge in [0.1, 0.15) is 22.2 Å². The lowest BCUT2D eigenvalue weighted by Gasteiger charge is -2.03. The molecule has 0 atom stereocenters. The Balaban J connectivity index is 1.81. The van der Waals surface area contributed by atoms with E-state index in [2.05, 4.69) is 10.5 Å². The molecule has 0 saturated carbocycles. The summed E-state index contributed by atoms with van der Waals surface area (Å²) in [6.07, 6.45) is 0. The maximum absolute atomic E-state index is 13.6. The van der Waals surface area contributed by atoms with E-state index in [9.17, 15) is 13.6 Å². The number of carbonyl (C=O) groups excluding carboxylic acids is 1. The van der Waals surface area contributed by atoms with Crippen LogP contribution in [-0.4, -0.2) is 18.8 Å². The van der Waals surface area contributed by atoms with Gasteiger partial charge in [-0.2, -0.15) is 5.10 Å². The molecule has 0 amide bonds. The average Bonchev–Trinajstić information content (AvgIpc) is 3.29. The van der Waals surface area contributed by atoms with Gasteiger partial charge in [0.15, 0.2) is 11.6 Å². The number of nitrogens with zero attached hydrogens (tertiary/aromatic N) is 1. The minimum atomic E-state index is -0.748. The molecule has 0 aliphatic carbocycles. The van der Waals surface area contributed by atoms with Crippen LogP contribution in [0, 0.1) is 11.6 Å². The Morgan fingerprint density at radius 1 is 1.23 bits per heavy atom. The van der Waals surface area contributed by atoms with E-state index in [0.717, 1.165) is 12.1 Å². The third-order valence-corrected chi connectivity index (χ3v) is 4.43. The van der Waals surface area contributed by atoms with E-state index in [1.54, 1.807) is 30.5 Å². The lowest BCUT2D eigenvalue weighted by Crippen LogP contribution is -2.00. The number of benzene rings is 1. The normalized spacial score (nSPS) is 11.5. The van der Waals surface area contributed by atoms with Crippen molar-refractivity contribution < 1.29 is 22.7 Å². The van der Waals surface area contributed by atoms with Gasteiger partial charge in [0, 0.05) is 11.6 Å². The molecule has 0 radical (unpaired) electrons. The molecule has 5 nitrogen and oxygen atoms in total. The van der Waals surface area contributed by atoms with E-state index in [-0.39, 0.29) is 5.69 Å². The number of anilines is 1. The fourth-order valence-electron chi connectivity index (χ4n) is 2.21. The molecule has 8 heteroatoms. The average molecular weight is 376 g/mol. The highest BCUT2D eigenvalue weighted by Gasteiger charge is 2.18. The van der Waals surface area contributed by atoms with Gasteiger partial charge in [0.2, 0.25) is 0 Å². The fourth-order valence-corrected chi connectivity index (χ4v) is 3.03. The first-order chi connectivity index (χ1) is 12.5.